The first kappa shape index (κ1) is 47.4. The minimum absolute atomic E-state index is 0.162. The van der Waals surface area contributed by atoms with Crippen molar-refractivity contribution in [2.75, 3.05) is 26.4 Å². The molecule has 0 fully saturated rings. The van der Waals surface area contributed by atoms with Gasteiger partial charge in [0.1, 0.15) is 12.7 Å². The fraction of sp³-hybridized carbons (Fsp3) is 0.842. The standard InChI is InChI=1S/C38H71O10P/c1-3-5-7-9-11-13-15-17-19-21-23-25-27-29-37(41)45-33-36(34-47-49(43,44)46-32-35(40)31-39)48-38(42)30-28-26-24-22-20-18-16-14-12-10-8-6-4-2/h17-20,35-36,39-40H,3-16,21-34H2,1-2H3,(H,43,44)/b19-17+,20-18+/t35-,36+/m0/s1. The number of hydrogen-bond acceptors (Lipinski definition) is 9. The molecule has 0 aliphatic heterocycles. The van der Waals surface area contributed by atoms with Crippen LogP contribution in [0.4, 0.5) is 0 Å². The summed E-state index contributed by atoms with van der Waals surface area (Å²) in [4.78, 5) is 34.8. The van der Waals surface area contributed by atoms with Crippen molar-refractivity contribution < 1.29 is 47.8 Å². The van der Waals surface area contributed by atoms with Gasteiger partial charge in [0.25, 0.3) is 0 Å². The number of ether oxygens (including phenoxy) is 2. The van der Waals surface area contributed by atoms with Crippen molar-refractivity contribution in [3.63, 3.8) is 0 Å². The molecule has 0 aliphatic carbocycles. The van der Waals surface area contributed by atoms with E-state index in [-0.39, 0.29) is 19.4 Å². The third kappa shape index (κ3) is 34.7. The number of carbonyl (C=O) groups is 2. The molecule has 0 heterocycles. The van der Waals surface area contributed by atoms with E-state index >= 15 is 0 Å². The second kappa shape index (κ2) is 34.9. The predicted octanol–water partition coefficient (Wildman–Crippen LogP) is 9.44. The van der Waals surface area contributed by atoms with Crippen LogP contribution in [-0.2, 0) is 32.7 Å². The summed E-state index contributed by atoms with van der Waals surface area (Å²) in [7, 11) is -4.61. The maximum Gasteiger partial charge on any atom is 0.472 e. The van der Waals surface area contributed by atoms with Crippen LogP contribution in [0, 0.1) is 0 Å². The lowest BCUT2D eigenvalue weighted by Gasteiger charge is -2.20. The molecule has 0 aliphatic rings. The van der Waals surface area contributed by atoms with Gasteiger partial charge in [0.15, 0.2) is 6.10 Å². The van der Waals surface area contributed by atoms with E-state index in [1.807, 2.05) is 0 Å². The Kier molecular flexibility index (Phi) is 33.8. The molecular weight excluding hydrogens is 647 g/mol. The molecule has 288 valence electrons. The van der Waals surface area contributed by atoms with Gasteiger partial charge in [-0.05, 0) is 64.2 Å². The van der Waals surface area contributed by atoms with Crippen LogP contribution in [-0.4, -0.2) is 65.7 Å². The zero-order valence-electron chi connectivity index (χ0n) is 30.9. The maximum absolute atomic E-state index is 12.5. The largest absolute Gasteiger partial charge is 0.472 e. The van der Waals surface area contributed by atoms with E-state index in [1.165, 1.54) is 77.0 Å². The fourth-order valence-corrected chi connectivity index (χ4v) is 5.83. The van der Waals surface area contributed by atoms with E-state index in [9.17, 15) is 24.2 Å². The van der Waals surface area contributed by atoms with Gasteiger partial charge in [-0.15, -0.1) is 0 Å². The highest BCUT2D eigenvalue weighted by molar-refractivity contribution is 7.47. The molecule has 10 nitrogen and oxygen atoms in total. The molecule has 0 amide bonds. The van der Waals surface area contributed by atoms with Crippen molar-refractivity contribution in [3.8, 4) is 0 Å². The average molecular weight is 719 g/mol. The molecule has 0 aromatic rings. The number of allylic oxidation sites excluding steroid dienone is 4. The van der Waals surface area contributed by atoms with Crippen LogP contribution in [0.25, 0.3) is 0 Å². The lowest BCUT2D eigenvalue weighted by Crippen LogP contribution is -2.29. The molecule has 3 N–H and O–H groups in total. The second-order valence-corrected chi connectivity index (χ2v) is 14.4. The summed E-state index contributed by atoms with van der Waals surface area (Å²) >= 11 is 0. The Hall–Kier alpha value is -1.55. The molecule has 0 rings (SSSR count). The van der Waals surface area contributed by atoms with Crippen LogP contribution in [0.5, 0.6) is 0 Å². The van der Waals surface area contributed by atoms with Crippen LogP contribution >= 0.6 is 7.82 Å². The summed E-state index contributed by atoms with van der Waals surface area (Å²) in [5, 5.41) is 18.3. The highest BCUT2D eigenvalue weighted by atomic mass is 31.2. The number of phosphoric acid groups is 1. The van der Waals surface area contributed by atoms with Gasteiger partial charge < -0.3 is 24.6 Å². The van der Waals surface area contributed by atoms with Crippen molar-refractivity contribution in [1.82, 2.24) is 0 Å². The van der Waals surface area contributed by atoms with Crippen molar-refractivity contribution in [2.24, 2.45) is 0 Å². The van der Waals surface area contributed by atoms with Crippen molar-refractivity contribution in [2.45, 2.75) is 180 Å². The van der Waals surface area contributed by atoms with Gasteiger partial charge in [0.2, 0.25) is 0 Å². The normalized spacial score (nSPS) is 14.3. The summed E-state index contributed by atoms with van der Waals surface area (Å²) in [5.41, 5.74) is 0. The van der Waals surface area contributed by atoms with Crippen molar-refractivity contribution in [3.05, 3.63) is 24.3 Å². The topological polar surface area (TPSA) is 149 Å². The van der Waals surface area contributed by atoms with Gasteiger partial charge in [-0.25, -0.2) is 4.57 Å². The zero-order chi connectivity index (χ0) is 36.3. The van der Waals surface area contributed by atoms with Gasteiger partial charge in [-0.3, -0.25) is 18.6 Å². The van der Waals surface area contributed by atoms with Gasteiger partial charge in [-0.1, -0.05) is 115 Å². The molecule has 0 spiro atoms. The van der Waals surface area contributed by atoms with Gasteiger partial charge in [0.05, 0.1) is 19.8 Å². The number of aliphatic hydroxyl groups is 2. The summed E-state index contributed by atoms with van der Waals surface area (Å²) in [5.74, 6) is -0.962. The van der Waals surface area contributed by atoms with E-state index in [1.54, 1.807) is 0 Å². The van der Waals surface area contributed by atoms with Crippen molar-refractivity contribution in [1.29, 1.82) is 0 Å². The average Bonchev–Trinajstić information content (AvgIpc) is 3.09. The Morgan fingerprint density at radius 1 is 0.592 bits per heavy atom. The lowest BCUT2D eigenvalue weighted by molar-refractivity contribution is -0.161. The van der Waals surface area contributed by atoms with Gasteiger partial charge in [0, 0.05) is 12.8 Å². The molecule has 49 heavy (non-hydrogen) atoms. The molecule has 0 aromatic heterocycles. The second-order valence-electron chi connectivity index (χ2n) is 12.9. The lowest BCUT2D eigenvalue weighted by atomic mass is 10.1. The number of hydrogen-bond donors (Lipinski definition) is 3. The van der Waals surface area contributed by atoms with Crippen LogP contribution in [0.3, 0.4) is 0 Å². The Bertz CT molecular complexity index is 879. The number of phosphoric ester groups is 1. The van der Waals surface area contributed by atoms with Gasteiger partial charge in [-0.2, -0.15) is 0 Å². The minimum Gasteiger partial charge on any atom is -0.462 e. The minimum atomic E-state index is -4.61. The quantitative estimate of drug-likeness (QED) is 0.0248. The Morgan fingerprint density at radius 2 is 1.00 bits per heavy atom. The van der Waals surface area contributed by atoms with E-state index in [0.717, 1.165) is 51.4 Å². The van der Waals surface area contributed by atoms with E-state index in [2.05, 4.69) is 42.7 Å². The molecule has 0 saturated carbocycles. The first-order chi connectivity index (χ1) is 23.7. The molecule has 1 unspecified atom stereocenters. The number of carbonyl (C=O) groups excluding carboxylic acids is 2. The zero-order valence-corrected chi connectivity index (χ0v) is 31.8. The summed E-state index contributed by atoms with van der Waals surface area (Å²) in [6.45, 7) is 2.31. The monoisotopic (exact) mass is 718 g/mol. The summed E-state index contributed by atoms with van der Waals surface area (Å²) < 4.78 is 32.5. The molecule has 0 saturated heterocycles. The highest BCUT2D eigenvalue weighted by Gasteiger charge is 2.27. The SMILES string of the molecule is CCCCCCCC/C=C/CCCCCC(=O)OC[C@H](COP(=O)(O)OC[C@@H](O)CO)OC(=O)CCCCC/C=C/CCCCCCCC. The number of esters is 2. The van der Waals surface area contributed by atoms with Crippen LogP contribution in [0.2, 0.25) is 0 Å². The Balaban J connectivity index is 4.42. The molecule has 11 heteroatoms. The van der Waals surface area contributed by atoms with E-state index < -0.39 is 51.8 Å². The number of unbranched alkanes of at least 4 members (excludes halogenated alkanes) is 18. The molecular formula is C38H71O10P. The fourth-order valence-electron chi connectivity index (χ4n) is 5.04. The number of rotatable bonds is 36. The van der Waals surface area contributed by atoms with E-state index in [4.69, 9.17) is 19.1 Å². The molecule has 3 atom stereocenters. The first-order valence-corrected chi connectivity index (χ1v) is 20.8. The van der Waals surface area contributed by atoms with Crippen LogP contribution in [0.1, 0.15) is 168 Å². The van der Waals surface area contributed by atoms with Crippen LogP contribution in [0.15, 0.2) is 24.3 Å². The van der Waals surface area contributed by atoms with Gasteiger partial charge >= 0.3 is 19.8 Å². The van der Waals surface area contributed by atoms with Crippen molar-refractivity contribution >= 4 is 19.8 Å². The smallest absolute Gasteiger partial charge is 0.462 e. The first-order valence-electron chi connectivity index (χ1n) is 19.3. The Labute approximate surface area is 298 Å². The predicted molar refractivity (Wildman–Crippen MR) is 196 cm³/mol. The Morgan fingerprint density at radius 3 is 1.47 bits per heavy atom. The third-order valence-corrected chi connectivity index (χ3v) is 9.03. The van der Waals surface area contributed by atoms with E-state index in [0.29, 0.717) is 12.8 Å². The summed E-state index contributed by atoms with van der Waals surface area (Å²) in [6, 6.07) is 0. The van der Waals surface area contributed by atoms with Crippen LogP contribution < -0.4 is 0 Å². The highest BCUT2D eigenvalue weighted by Crippen LogP contribution is 2.43. The molecule has 0 bridgehead atoms. The number of aliphatic hydroxyl groups excluding tert-OH is 2. The summed E-state index contributed by atoms with van der Waals surface area (Å²) in [6.07, 6.45) is 31.5. The third-order valence-electron chi connectivity index (χ3n) is 8.08. The molecule has 0 radical (unpaired) electrons. The maximum atomic E-state index is 12.5. The molecule has 0 aromatic carbocycles.